The van der Waals surface area contributed by atoms with Gasteiger partial charge in [-0.15, -0.1) is 6.42 Å². The third-order valence-electron chi connectivity index (χ3n) is 3.94. The van der Waals surface area contributed by atoms with E-state index in [1.165, 1.54) is 45.6 Å². The van der Waals surface area contributed by atoms with Gasteiger partial charge in [-0.3, -0.25) is 9.52 Å². The van der Waals surface area contributed by atoms with Crippen molar-refractivity contribution in [3.05, 3.63) is 46.9 Å². The van der Waals surface area contributed by atoms with E-state index in [1.807, 2.05) is 12.8 Å². The Morgan fingerprint density at radius 2 is 1.63 bits per heavy atom. The van der Waals surface area contributed by atoms with E-state index >= 15 is 0 Å². The maximum Gasteiger partial charge on any atom is 0.300 e. The van der Waals surface area contributed by atoms with E-state index in [1.54, 1.807) is 12.1 Å². The largest absolute Gasteiger partial charge is 0.496 e. The number of rotatable bonds is 8. The number of hydrogen-bond acceptors (Lipinski definition) is 6. The molecule has 0 aromatic heterocycles. The standard InChI is InChI=1S/C21H22N2O6S/c1-6-21(24)22-17-13-15(7-8-18(17)27-3)23-30(25,26)10-9-16-19(28-4)11-14(2)12-20(16)29-5/h1,7-13,23H,2-5H3,(H,22,24)/b10-9+. The molecule has 2 aromatic rings. The normalized spacial score (nSPS) is 10.9. The van der Waals surface area contributed by atoms with Crippen LogP contribution in [0.25, 0.3) is 6.08 Å². The van der Waals surface area contributed by atoms with E-state index in [-0.39, 0.29) is 11.4 Å². The zero-order valence-corrected chi connectivity index (χ0v) is 17.8. The minimum Gasteiger partial charge on any atom is -0.496 e. The molecule has 0 fully saturated rings. The molecule has 8 nitrogen and oxygen atoms in total. The molecular formula is C21H22N2O6S. The Morgan fingerprint density at radius 3 is 2.17 bits per heavy atom. The summed E-state index contributed by atoms with van der Waals surface area (Å²) in [4.78, 5) is 11.5. The van der Waals surface area contributed by atoms with Crippen molar-refractivity contribution in [2.75, 3.05) is 31.4 Å². The van der Waals surface area contributed by atoms with Crippen LogP contribution in [-0.4, -0.2) is 35.7 Å². The maximum absolute atomic E-state index is 12.6. The molecule has 2 aromatic carbocycles. The Hall–Kier alpha value is -3.64. The number of carbonyl (C=O) groups excluding carboxylic acids is 1. The highest BCUT2D eigenvalue weighted by Crippen LogP contribution is 2.32. The molecule has 0 spiro atoms. The van der Waals surface area contributed by atoms with Crippen molar-refractivity contribution in [2.24, 2.45) is 0 Å². The summed E-state index contributed by atoms with van der Waals surface area (Å²) < 4.78 is 43.3. The van der Waals surface area contributed by atoms with Crippen LogP contribution in [0.4, 0.5) is 11.4 Å². The molecule has 30 heavy (non-hydrogen) atoms. The van der Waals surface area contributed by atoms with Gasteiger partial charge in [0.25, 0.3) is 15.9 Å². The van der Waals surface area contributed by atoms with E-state index < -0.39 is 15.9 Å². The molecule has 0 saturated carbocycles. The van der Waals surface area contributed by atoms with Crippen molar-refractivity contribution in [3.63, 3.8) is 0 Å². The molecule has 0 heterocycles. The predicted octanol–water partition coefficient (Wildman–Crippen LogP) is 3.01. The average molecular weight is 430 g/mol. The van der Waals surface area contributed by atoms with Crippen molar-refractivity contribution in [1.29, 1.82) is 0 Å². The van der Waals surface area contributed by atoms with Gasteiger partial charge in [-0.2, -0.15) is 0 Å². The number of terminal acetylenes is 1. The lowest BCUT2D eigenvalue weighted by Crippen LogP contribution is -2.12. The predicted molar refractivity (Wildman–Crippen MR) is 116 cm³/mol. The van der Waals surface area contributed by atoms with E-state index in [0.717, 1.165) is 11.0 Å². The van der Waals surface area contributed by atoms with Crippen molar-refractivity contribution in [3.8, 4) is 29.6 Å². The molecule has 0 atom stereocenters. The van der Waals surface area contributed by atoms with E-state index in [9.17, 15) is 13.2 Å². The second kappa shape index (κ2) is 9.71. The van der Waals surface area contributed by atoms with Crippen molar-refractivity contribution < 1.29 is 27.4 Å². The molecule has 158 valence electrons. The first-order chi connectivity index (χ1) is 14.2. The lowest BCUT2D eigenvalue weighted by Gasteiger charge is -2.12. The lowest BCUT2D eigenvalue weighted by atomic mass is 10.1. The van der Waals surface area contributed by atoms with Gasteiger partial charge in [-0.05, 0) is 54.8 Å². The summed E-state index contributed by atoms with van der Waals surface area (Å²) in [5.74, 6) is 2.50. The monoisotopic (exact) mass is 430 g/mol. The van der Waals surface area contributed by atoms with Crippen LogP contribution in [0.15, 0.2) is 35.7 Å². The Kier molecular flexibility index (Phi) is 7.33. The number of nitrogens with one attached hydrogen (secondary N) is 2. The van der Waals surface area contributed by atoms with Gasteiger partial charge in [0.15, 0.2) is 0 Å². The maximum atomic E-state index is 12.6. The fourth-order valence-corrected chi connectivity index (χ4v) is 3.46. The second-order valence-electron chi connectivity index (χ2n) is 6.05. The number of anilines is 2. The van der Waals surface area contributed by atoms with Crippen LogP contribution in [0.2, 0.25) is 0 Å². The highest BCUT2D eigenvalue weighted by atomic mass is 32.2. The van der Waals surface area contributed by atoms with Crippen LogP contribution in [0.5, 0.6) is 17.2 Å². The molecule has 0 aliphatic heterocycles. The summed E-state index contributed by atoms with van der Waals surface area (Å²) in [6.07, 6.45) is 6.44. The average Bonchev–Trinajstić information content (AvgIpc) is 2.71. The number of methoxy groups -OCH3 is 3. The number of hydrogen-bond donors (Lipinski definition) is 2. The third-order valence-corrected chi connectivity index (χ3v) is 4.96. The van der Waals surface area contributed by atoms with Crippen LogP contribution in [0.1, 0.15) is 11.1 Å². The topological polar surface area (TPSA) is 103 Å². The summed E-state index contributed by atoms with van der Waals surface area (Å²) in [5.41, 5.74) is 1.82. The fourth-order valence-electron chi connectivity index (χ4n) is 2.62. The van der Waals surface area contributed by atoms with Crippen LogP contribution in [0, 0.1) is 19.3 Å². The minimum absolute atomic E-state index is 0.204. The molecule has 1 amide bonds. The van der Waals surface area contributed by atoms with Gasteiger partial charge in [0.1, 0.15) is 17.2 Å². The third kappa shape index (κ3) is 5.68. The van der Waals surface area contributed by atoms with E-state index in [2.05, 4.69) is 10.0 Å². The number of sulfonamides is 1. The molecule has 0 aliphatic rings. The number of benzene rings is 2. The molecule has 0 saturated heterocycles. The smallest absolute Gasteiger partial charge is 0.300 e. The minimum atomic E-state index is -3.90. The Balaban J connectivity index is 2.33. The van der Waals surface area contributed by atoms with E-state index in [0.29, 0.717) is 22.8 Å². The molecule has 2 rings (SSSR count). The Bertz CT molecular complexity index is 1090. The lowest BCUT2D eigenvalue weighted by molar-refractivity contribution is -0.111. The fraction of sp³-hybridized carbons (Fsp3) is 0.190. The molecule has 2 N–H and O–H groups in total. The van der Waals surface area contributed by atoms with Gasteiger partial charge in [-0.1, -0.05) is 0 Å². The van der Waals surface area contributed by atoms with Crippen LogP contribution in [-0.2, 0) is 14.8 Å². The number of ether oxygens (including phenoxy) is 3. The first kappa shape index (κ1) is 22.6. The first-order valence-electron chi connectivity index (χ1n) is 8.62. The van der Waals surface area contributed by atoms with Gasteiger partial charge in [0, 0.05) is 0 Å². The Morgan fingerprint density at radius 1 is 1.03 bits per heavy atom. The van der Waals surface area contributed by atoms with Gasteiger partial charge < -0.3 is 19.5 Å². The zero-order valence-electron chi connectivity index (χ0n) is 17.0. The van der Waals surface area contributed by atoms with Crippen molar-refractivity contribution in [2.45, 2.75) is 6.92 Å². The highest BCUT2D eigenvalue weighted by Gasteiger charge is 2.13. The summed E-state index contributed by atoms with van der Waals surface area (Å²) in [6, 6.07) is 7.92. The van der Waals surface area contributed by atoms with Crippen molar-refractivity contribution in [1.82, 2.24) is 0 Å². The molecule has 0 radical (unpaired) electrons. The van der Waals surface area contributed by atoms with Crippen LogP contribution >= 0.6 is 0 Å². The second-order valence-corrected chi connectivity index (χ2v) is 7.61. The van der Waals surface area contributed by atoms with Gasteiger partial charge in [0.2, 0.25) is 0 Å². The molecule has 0 unspecified atom stereocenters. The van der Waals surface area contributed by atoms with Gasteiger partial charge in [0.05, 0.1) is 43.7 Å². The number of amides is 1. The summed E-state index contributed by atoms with van der Waals surface area (Å²) >= 11 is 0. The quantitative estimate of drug-likeness (QED) is 0.624. The van der Waals surface area contributed by atoms with Crippen molar-refractivity contribution >= 4 is 33.4 Å². The summed E-state index contributed by atoms with van der Waals surface area (Å²) in [6.45, 7) is 1.87. The number of aryl methyl sites for hydroxylation is 1. The molecular weight excluding hydrogens is 408 g/mol. The number of carbonyl (C=O) groups is 1. The Labute approximate surface area is 175 Å². The molecule has 9 heteroatoms. The van der Waals surface area contributed by atoms with Crippen LogP contribution < -0.4 is 24.2 Å². The summed E-state index contributed by atoms with van der Waals surface area (Å²) in [7, 11) is 0.489. The zero-order chi connectivity index (χ0) is 22.3. The molecule has 0 bridgehead atoms. The van der Waals surface area contributed by atoms with E-state index in [4.69, 9.17) is 20.6 Å². The SMILES string of the molecule is C#CC(=O)Nc1cc(NS(=O)(=O)/C=C/c2c(OC)cc(C)cc2OC)ccc1OC. The van der Waals surface area contributed by atoms with Gasteiger partial charge in [-0.25, -0.2) is 8.42 Å². The highest BCUT2D eigenvalue weighted by molar-refractivity contribution is 7.95. The molecule has 0 aliphatic carbocycles. The van der Waals surface area contributed by atoms with Crippen LogP contribution in [0.3, 0.4) is 0 Å². The first-order valence-corrected chi connectivity index (χ1v) is 10.2. The van der Waals surface area contributed by atoms with Gasteiger partial charge >= 0.3 is 0 Å². The summed E-state index contributed by atoms with van der Waals surface area (Å²) in [5, 5.41) is 3.44.